The first-order chi connectivity index (χ1) is 16.2. The molecule has 9 heteroatoms. The van der Waals surface area contributed by atoms with Gasteiger partial charge in [0.2, 0.25) is 0 Å². The lowest BCUT2D eigenvalue weighted by molar-refractivity contribution is -0.00416. The number of hydrogen-bond acceptors (Lipinski definition) is 8. The van der Waals surface area contributed by atoms with Crippen molar-refractivity contribution < 1.29 is 9.47 Å². The molecule has 6 rings (SSSR count). The molecule has 8 nitrogen and oxygen atoms in total. The van der Waals surface area contributed by atoms with Crippen LogP contribution in [-0.2, 0) is 16.0 Å². The van der Waals surface area contributed by atoms with Crippen molar-refractivity contribution in [3.63, 3.8) is 0 Å². The first kappa shape index (κ1) is 21.0. The third kappa shape index (κ3) is 3.78. The summed E-state index contributed by atoms with van der Waals surface area (Å²) < 4.78 is 12.5. The highest BCUT2D eigenvalue weighted by Crippen LogP contribution is 2.37. The smallest absolute Gasteiger partial charge is 0.163 e. The van der Waals surface area contributed by atoms with Gasteiger partial charge in [-0.1, -0.05) is 0 Å². The molecule has 0 saturated carbocycles. The summed E-state index contributed by atoms with van der Waals surface area (Å²) in [7, 11) is 0. The number of thiophene rings is 1. The Balaban J connectivity index is 1.51. The molecule has 172 valence electrons. The number of aromatic nitrogens is 4. The second-order valence-corrected chi connectivity index (χ2v) is 9.80. The number of pyridine rings is 1. The average molecular weight is 465 g/mol. The Kier molecular flexibility index (Phi) is 5.49. The molecular formula is C24H28N6O2S. The number of nitrogens with one attached hydrogen (secondary N) is 1. The monoisotopic (exact) mass is 464 g/mol. The number of aromatic amines is 1. The molecule has 2 fully saturated rings. The molecule has 2 aliphatic heterocycles. The largest absolute Gasteiger partial charge is 0.379 e. The van der Waals surface area contributed by atoms with Crippen LogP contribution in [0.1, 0.15) is 19.4 Å². The molecule has 0 aromatic carbocycles. The Morgan fingerprint density at radius 3 is 2.79 bits per heavy atom. The van der Waals surface area contributed by atoms with Crippen LogP contribution in [0, 0.1) is 0 Å². The predicted octanol–water partition coefficient (Wildman–Crippen LogP) is 3.68. The minimum Gasteiger partial charge on any atom is -0.379 e. The van der Waals surface area contributed by atoms with E-state index in [1.165, 1.54) is 5.56 Å². The minimum absolute atomic E-state index is 0.263. The fourth-order valence-corrected chi connectivity index (χ4v) is 5.79. The Morgan fingerprint density at radius 1 is 1.09 bits per heavy atom. The van der Waals surface area contributed by atoms with Gasteiger partial charge in [0.1, 0.15) is 5.65 Å². The van der Waals surface area contributed by atoms with E-state index in [1.807, 2.05) is 24.5 Å². The number of hydrogen-bond donors (Lipinski definition) is 1. The van der Waals surface area contributed by atoms with Crippen LogP contribution in [-0.4, -0.2) is 76.4 Å². The molecule has 2 aliphatic rings. The third-order valence-electron chi connectivity index (χ3n) is 6.69. The van der Waals surface area contributed by atoms with Gasteiger partial charge in [0.15, 0.2) is 11.6 Å². The van der Waals surface area contributed by atoms with Crippen LogP contribution < -0.4 is 4.90 Å². The van der Waals surface area contributed by atoms with Crippen LogP contribution in [0.5, 0.6) is 0 Å². The summed E-state index contributed by atoms with van der Waals surface area (Å²) in [5.74, 6) is 1.76. The zero-order valence-corrected chi connectivity index (χ0v) is 19.8. The van der Waals surface area contributed by atoms with E-state index in [9.17, 15) is 0 Å². The van der Waals surface area contributed by atoms with E-state index in [0.717, 1.165) is 71.3 Å². The van der Waals surface area contributed by atoms with Crippen molar-refractivity contribution in [3.05, 3.63) is 35.5 Å². The van der Waals surface area contributed by atoms with Crippen LogP contribution in [0.4, 0.5) is 5.82 Å². The summed E-state index contributed by atoms with van der Waals surface area (Å²) >= 11 is 1.75. The van der Waals surface area contributed by atoms with Gasteiger partial charge < -0.3 is 19.4 Å². The minimum atomic E-state index is 0.263. The fraction of sp³-hybridized carbons (Fsp3) is 0.458. The van der Waals surface area contributed by atoms with Crippen molar-refractivity contribution in [2.75, 3.05) is 44.4 Å². The molecule has 0 unspecified atom stereocenters. The van der Waals surface area contributed by atoms with Gasteiger partial charge >= 0.3 is 0 Å². The van der Waals surface area contributed by atoms with Gasteiger partial charge in [-0.2, -0.15) is 0 Å². The Labute approximate surface area is 196 Å². The molecule has 33 heavy (non-hydrogen) atoms. The van der Waals surface area contributed by atoms with Crippen LogP contribution in [0.15, 0.2) is 29.9 Å². The van der Waals surface area contributed by atoms with E-state index < -0.39 is 0 Å². The van der Waals surface area contributed by atoms with Crippen LogP contribution in [0.2, 0.25) is 0 Å². The molecule has 1 N–H and O–H groups in total. The number of H-pyrrole nitrogens is 1. The number of morpholine rings is 2. The zero-order chi connectivity index (χ0) is 22.4. The lowest BCUT2D eigenvalue weighted by atomic mass is 10.1. The van der Waals surface area contributed by atoms with Gasteiger partial charge in [0, 0.05) is 54.6 Å². The molecular weight excluding hydrogens is 436 g/mol. The maximum absolute atomic E-state index is 5.71. The number of nitrogens with zero attached hydrogens (tertiary/aromatic N) is 5. The summed E-state index contributed by atoms with van der Waals surface area (Å²) in [6, 6.07) is 4.72. The number of anilines is 1. The lowest BCUT2D eigenvalue weighted by Gasteiger charge is -2.34. The maximum atomic E-state index is 5.71. The highest BCUT2D eigenvalue weighted by molar-refractivity contribution is 7.18. The van der Waals surface area contributed by atoms with Gasteiger partial charge in [-0.15, -0.1) is 11.3 Å². The van der Waals surface area contributed by atoms with E-state index in [4.69, 9.17) is 19.4 Å². The second-order valence-electron chi connectivity index (χ2n) is 8.92. The van der Waals surface area contributed by atoms with Crippen molar-refractivity contribution in [1.29, 1.82) is 0 Å². The molecule has 6 heterocycles. The molecule has 0 spiro atoms. The summed E-state index contributed by atoms with van der Waals surface area (Å²) in [5.41, 5.74) is 4.17. The van der Waals surface area contributed by atoms with E-state index in [-0.39, 0.29) is 6.04 Å². The van der Waals surface area contributed by atoms with Crippen molar-refractivity contribution in [2.45, 2.75) is 32.5 Å². The van der Waals surface area contributed by atoms with E-state index in [2.05, 4.69) is 39.0 Å². The predicted molar refractivity (Wildman–Crippen MR) is 131 cm³/mol. The first-order valence-corrected chi connectivity index (χ1v) is 12.4. The Hall–Kier alpha value is -2.59. The molecule has 2 atom stereocenters. The van der Waals surface area contributed by atoms with E-state index in [1.54, 1.807) is 11.3 Å². The average Bonchev–Trinajstić information content (AvgIpc) is 3.47. The normalized spacial score (nSPS) is 22.4. The molecule has 0 radical (unpaired) electrons. The summed E-state index contributed by atoms with van der Waals surface area (Å²) in [6.45, 7) is 10.1. The van der Waals surface area contributed by atoms with Gasteiger partial charge in [0.05, 0.1) is 42.7 Å². The molecule has 4 aromatic heterocycles. The van der Waals surface area contributed by atoms with E-state index in [0.29, 0.717) is 19.3 Å². The Morgan fingerprint density at radius 2 is 1.94 bits per heavy atom. The maximum Gasteiger partial charge on any atom is 0.163 e. The summed E-state index contributed by atoms with van der Waals surface area (Å²) in [6.07, 6.45) is 3.74. The number of fused-ring (bicyclic) bond motifs is 2. The molecule has 4 aromatic rings. The fourth-order valence-electron chi connectivity index (χ4n) is 4.79. The van der Waals surface area contributed by atoms with Gasteiger partial charge in [-0.25, -0.2) is 15.0 Å². The lowest BCUT2D eigenvalue weighted by Crippen LogP contribution is -2.44. The van der Waals surface area contributed by atoms with Crippen LogP contribution >= 0.6 is 11.3 Å². The summed E-state index contributed by atoms with van der Waals surface area (Å²) in [4.78, 5) is 22.8. The molecule has 0 amide bonds. The van der Waals surface area contributed by atoms with Crippen molar-refractivity contribution in [2.24, 2.45) is 0 Å². The first-order valence-electron chi connectivity index (χ1n) is 11.6. The molecule has 0 bridgehead atoms. The number of ether oxygens (including phenoxy) is 2. The molecule has 2 saturated heterocycles. The topological polar surface area (TPSA) is 79.4 Å². The third-order valence-corrected chi connectivity index (χ3v) is 7.70. The van der Waals surface area contributed by atoms with Crippen molar-refractivity contribution >= 4 is 38.4 Å². The van der Waals surface area contributed by atoms with E-state index >= 15 is 0 Å². The van der Waals surface area contributed by atoms with Crippen molar-refractivity contribution in [1.82, 2.24) is 24.8 Å². The quantitative estimate of drug-likeness (QED) is 0.494. The van der Waals surface area contributed by atoms with Crippen LogP contribution in [0.3, 0.4) is 0 Å². The molecule has 0 aliphatic carbocycles. The summed E-state index contributed by atoms with van der Waals surface area (Å²) in [5, 5.41) is 3.30. The Bertz CT molecular complexity index is 1290. The zero-order valence-electron chi connectivity index (χ0n) is 19.0. The highest BCUT2D eigenvalue weighted by Gasteiger charge is 2.27. The standard InChI is InChI=1S/C24H28N6O2S/c1-15-12-31-9-7-29(15)11-17-14-33-21-20(17)27-23(19-4-6-26-22-18(19)3-5-25-22)28-24(21)30-8-10-32-13-16(30)2/h3-6,14-16H,7-13H2,1-2H3,(H,25,26)/t15-,16-/m1/s1. The second kappa shape index (κ2) is 8.64. The van der Waals surface area contributed by atoms with Crippen molar-refractivity contribution in [3.8, 4) is 11.4 Å². The van der Waals surface area contributed by atoms with Crippen LogP contribution in [0.25, 0.3) is 32.6 Å². The van der Waals surface area contributed by atoms with Gasteiger partial charge in [0.25, 0.3) is 0 Å². The SMILES string of the molecule is C[C@@H]1COCCN1Cc1csc2c(N3CCOC[C@H]3C)nc(-c3ccnc4[nH]ccc34)nc12. The number of rotatable bonds is 4. The van der Waals surface area contributed by atoms with Gasteiger partial charge in [-0.3, -0.25) is 4.90 Å². The highest BCUT2D eigenvalue weighted by atomic mass is 32.1. The van der Waals surface area contributed by atoms with Gasteiger partial charge in [-0.05, 0) is 31.4 Å².